The highest BCUT2D eigenvalue weighted by Gasteiger charge is 2.24. The summed E-state index contributed by atoms with van der Waals surface area (Å²) >= 11 is 3.40. The van der Waals surface area contributed by atoms with Gasteiger partial charge in [0.25, 0.3) is 0 Å². The molecule has 1 atom stereocenters. The summed E-state index contributed by atoms with van der Waals surface area (Å²) in [6, 6.07) is 7.97. The third-order valence-electron chi connectivity index (χ3n) is 3.84. The minimum absolute atomic E-state index is 0.228. The Balaban J connectivity index is 1.97. The molecule has 1 saturated carbocycles. The first-order valence-electron chi connectivity index (χ1n) is 6.62. The molecule has 0 aliphatic heterocycles. The highest BCUT2D eigenvalue weighted by molar-refractivity contribution is 9.10. The van der Waals surface area contributed by atoms with Gasteiger partial charge in [-0.1, -0.05) is 53.7 Å². The van der Waals surface area contributed by atoms with Crippen molar-refractivity contribution in [3.05, 3.63) is 34.3 Å². The van der Waals surface area contributed by atoms with Gasteiger partial charge in [0.05, 0.1) is 5.92 Å². The van der Waals surface area contributed by atoms with Crippen molar-refractivity contribution in [3.63, 3.8) is 0 Å². The van der Waals surface area contributed by atoms with Crippen molar-refractivity contribution < 1.29 is 9.90 Å². The first-order chi connectivity index (χ1) is 8.65. The molecule has 1 aromatic carbocycles. The van der Waals surface area contributed by atoms with Crippen molar-refractivity contribution in [1.29, 1.82) is 0 Å². The van der Waals surface area contributed by atoms with Gasteiger partial charge < -0.3 is 5.11 Å². The van der Waals surface area contributed by atoms with Gasteiger partial charge in [0, 0.05) is 4.47 Å². The number of hydrogen-bond donors (Lipinski definition) is 1. The van der Waals surface area contributed by atoms with Crippen molar-refractivity contribution in [2.75, 3.05) is 0 Å². The van der Waals surface area contributed by atoms with Crippen molar-refractivity contribution in [3.8, 4) is 0 Å². The summed E-state index contributed by atoms with van der Waals surface area (Å²) < 4.78 is 1.04. The molecule has 0 aromatic heterocycles. The number of carbonyl (C=O) groups is 1. The molecule has 0 heterocycles. The number of benzene rings is 1. The molecule has 0 spiro atoms. The van der Waals surface area contributed by atoms with E-state index in [1.54, 1.807) is 0 Å². The van der Waals surface area contributed by atoms with Gasteiger partial charge in [-0.25, -0.2) is 0 Å². The molecule has 98 valence electrons. The second-order valence-corrected chi connectivity index (χ2v) is 6.17. The third kappa shape index (κ3) is 3.84. The Morgan fingerprint density at radius 3 is 2.44 bits per heavy atom. The van der Waals surface area contributed by atoms with Crippen LogP contribution in [0.1, 0.15) is 37.7 Å². The van der Waals surface area contributed by atoms with E-state index in [2.05, 4.69) is 15.9 Å². The maximum Gasteiger partial charge on any atom is 0.306 e. The second-order valence-electron chi connectivity index (χ2n) is 5.25. The van der Waals surface area contributed by atoms with E-state index >= 15 is 0 Å². The Kier molecular flexibility index (Phi) is 4.81. The van der Waals surface area contributed by atoms with Crippen LogP contribution in [0.5, 0.6) is 0 Å². The van der Waals surface area contributed by atoms with Crippen LogP contribution in [-0.4, -0.2) is 11.1 Å². The summed E-state index contributed by atoms with van der Waals surface area (Å²) in [5.74, 6) is -0.249. The van der Waals surface area contributed by atoms with Crippen LogP contribution >= 0.6 is 15.9 Å². The Morgan fingerprint density at radius 2 is 1.89 bits per heavy atom. The third-order valence-corrected chi connectivity index (χ3v) is 4.37. The maximum absolute atomic E-state index is 11.3. The lowest BCUT2D eigenvalue weighted by molar-refractivity contribution is -0.142. The molecule has 0 radical (unpaired) electrons. The molecule has 3 heteroatoms. The fourth-order valence-electron chi connectivity index (χ4n) is 2.82. The van der Waals surface area contributed by atoms with E-state index in [9.17, 15) is 9.90 Å². The minimum Gasteiger partial charge on any atom is -0.481 e. The first-order valence-corrected chi connectivity index (χ1v) is 7.41. The Morgan fingerprint density at radius 1 is 1.28 bits per heavy atom. The number of hydrogen-bond acceptors (Lipinski definition) is 1. The molecule has 1 fully saturated rings. The Labute approximate surface area is 117 Å². The van der Waals surface area contributed by atoms with Crippen LogP contribution in [0.2, 0.25) is 0 Å². The van der Waals surface area contributed by atoms with E-state index in [-0.39, 0.29) is 5.92 Å². The van der Waals surface area contributed by atoms with Gasteiger partial charge in [-0.2, -0.15) is 0 Å². The number of aliphatic carboxylic acids is 1. The van der Waals surface area contributed by atoms with Gasteiger partial charge in [0.2, 0.25) is 0 Å². The summed E-state index contributed by atoms with van der Waals surface area (Å²) in [6.07, 6.45) is 6.46. The standard InChI is InChI=1S/C15H19BrO2/c16-14-7-5-12(6-8-14)10-13(15(17)18)9-11-3-1-2-4-11/h5-8,11,13H,1-4,9-10H2,(H,17,18). The lowest BCUT2D eigenvalue weighted by Crippen LogP contribution is -2.19. The molecule has 0 amide bonds. The monoisotopic (exact) mass is 310 g/mol. The molecule has 1 unspecified atom stereocenters. The smallest absolute Gasteiger partial charge is 0.306 e. The lowest BCUT2D eigenvalue weighted by Gasteiger charge is -2.16. The highest BCUT2D eigenvalue weighted by Crippen LogP contribution is 2.31. The van der Waals surface area contributed by atoms with E-state index in [0.29, 0.717) is 12.3 Å². The summed E-state index contributed by atoms with van der Waals surface area (Å²) in [7, 11) is 0. The molecule has 1 N–H and O–H groups in total. The van der Waals surface area contributed by atoms with Gasteiger partial charge in [0.15, 0.2) is 0 Å². The van der Waals surface area contributed by atoms with Gasteiger partial charge >= 0.3 is 5.97 Å². The summed E-state index contributed by atoms with van der Waals surface area (Å²) in [6.45, 7) is 0. The number of carboxylic acids is 1. The SMILES string of the molecule is O=C(O)C(Cc1ccc(Br)cc1)CC1CCCC1. The van der Waals surface area contributed by atoms with Crippen LogP contribution in [-0.2, 0) is 11.2 Å². The van der Waals surface area contributed by atoms with E-state index in [0.717, 1.165) is 16.5 Å². The molecule has 0 saturated heterocycles. The predicted molar refractivity (Wildman–Crippen MR) is 75.5 cm³/mol. The first kappa shape index (κ1) is 13.6. The van der Waals surface area contributed by atoms with Gasteiger partial charge in [-0.15, -0.1) is 0 Å². The molecule has 2 nitrogen and oxygen atoms in total. The summed E-state index contributed by atoms with van der Waals surface area (Å²) in [5, 5.41) is 9.34. The Bertz CT molecular complexity index is 393. The average Bonchev–Trinajstić information content (AvgIpc) is 2.84. The molecule has 2 rings (SSSR count). The molecule has 0 bridgehead atoms. The topological polar surface area (TPSA) is 37.3 Å². The van der Waals surface area contributed by atoms with Crippen LogP contribution < -0.4 is 0 Å². The maximum atomic E-state index is 11.3. The zero-order valence-electron chi connectivity index (χ0n) is 10.4. The normalized spacial score (nSPS) is 17.8. The van der Waals surface area contributed by atoms with E-state index in [1.807, 2.05) is 24.3 Å². The van der Waals surface area contributed by atoms with Crippen molar-refractivity contribution in [2.24, 2.45) is 11.8 Å². The fourth-order valence-corrected chi connectivity index (χ4v) is 3.09. The minimum atomic E-state index is -0.648. The van der Waals surface area contributed by atoms with Gasteiger partial charge in [0.1, 0.15) is 0 Å². The van der Waals surface area contributed by atoms with Crippen molar-refractivity contribution in [2.45, 2.75) is 38.5 Å². The van der Waals surface area contributed by atoms with Gasteiger partial charge in [-0.3, -0.25) is 4.79 Å². The molecular weight excluding hydrogens is 292 g/mol. The zero-order valence-corrected chi connectivity index (χ0v) is 12.0. The molecule has 1 aliphatic carbocycles. The van der Waals surface area contributed by atoms with Crippen molar-refractivity contribution >= 4 is 21.9 Å². The highest BCUT2D eigenvalue weighted by atomic mass is 79.9. The number of rotatable bonds is 5. The Hall–Kier alpha value is -0.830. The quantitative estimate of drug-likeness (QED) is 0.881. The summed E-state index contributed by atoms with van der Waals surface area (Å²) in [4.78, 5) is 11.3. The van der Waals surface area contributed by atoms with Crippen LogP contribution in [0.4, 0.5) is 0 Å². The van der Waals surface area contributed by atoms with Crippen LogP contribution in [0.25, 0.3) is 0 Å². The molecular formula is C15H19BrO2. The predicted octanol–water partition coefficient (Wildman–Crippen LogP) is 4.27. The lowest BCUT2D eigenvalue weighted by atomic mass is 9.88. The van der Waals surface area contributed by atoms with E-state index < -0.39 is 5.97 Å². The number of halogens is 1. The molecule has 18 heavy (non-hydrogen) atoms. The van der Waals surface area contributed by atoms with Gasteiger partial charge in [-0.05, 0) is 36.5 Å². The largest absolute Gasteiger partial charge is 0.481 e. The molecule has 1 aromatic rings. The van der Waals surface area contributed by atoms with E-state index in [4.69, 9.17) is 0 Å². The summed E-state index contributed by atoms with van der Waals surface area (Å²) in [5.41, 5.74) is 1.11. The average molecular weight is 311 g/mol. The van der Waals surface area contributed by atoms with Crippen LogP contribution in [0.15, 0.2) is 28.7 Å². The van der Waals surface area contributed by atoms with Crippen molar-refractivity contribution in [1.82, 2.24) is 0 Å². The molecule has 1 aliphatic rings. The van der Waals surface area contributed by atoms with Crippen LogP contribution in [0, 0.1) is 11.8 Å². The number of carboxylic acid groups (broad SMARTS) is 1. The zero-order chi connectivity index (χ0) is 13.0. The fraction of sp³-hybridized carbons (Fsp3) is 0.533. The van der Waals surface area contributed by atoms with Crippen LogP contribution in [0.3, 0.4) is 0 Å². The second kappa shape index (κ2) is 6.37. The van der Waals surface area contributed by atoms with E-state index in [1.165, 1.54) is 25.7 Å².